The van der Waals surface area contributed by atoms with Crippen LogP contribution < -0.4 is 10.6 Å². The molecule has 0 amide bonds. The third-order valence-electron chi connectivity index (χ3n) is 3.73. The Balaban J connectivity index is 2.06. The summed E-state index contributed by atoms with van der Waals surface area (Å²) in [4.78, 5) is 9.11. The van der Waals surface area contributed by atoms with Crippen molar-refractivity contribution in [3.63, 3.8) is 0 Å². The molecule has 112 valence electrons. The van der Waals surface area contributed by atoms with E-state index in [1.807, 2.05) is 17.1 Å². The maximum atomic E-state index is 4.59. The van der Waals surface area contributed by atoms with Gasteiger partial charge in [-0.05, 0) is 13.3 Å². The third kappa shape index (κ3) is 2.57. The zero-order valence-corrected chi connectivity index (χ0v) is 12.7. The normalized spacial score (nSPS) is 14.3. The molecule has 0 unspecified atom stereocenters. The number of fused-ring (bicyclic) bond motifs is 1. The number of anilines is 1. The molecule has 21 heavy (non-hydrogen) atoms. The average molecular weight is 286 g/mol. The Morgan fingerprint density at radius 3 is 2.95 bits per heavy atom. The number of aliphatic imine (C=N–C) groups is 1. The molecule has 3 rings (SSSR count). The Morgan fingerprint density at radius 1 is 1.33 bits per heavy atom. The van der Waals surface area contributed by atoms with Crippen molar-refractivity contribution in [2.24, 2.45) is 4.99 Å². The van der Waals surface area contributed by atoms with E-state index >= 15 is 0 Å². The Morgan fingerprint density at radius 2 is 2.24 bits per heavy atom. The molecule has 3 heterocycles. The highest BCUT2D eigenvalue weighted by Crippen LogP contribution is 2.26. The molecule has 6 nitrogen and oxygen atoms in total. The molecule has 0 spiro atoms. The summed E-state index contributed by atoms with van der Waals surface area (Å²) in [6, 6.07) is 0. The zero-order valence-electron chi connectivity index (χ0n) is 12.7. The van der Waals surface area contributed by atoms with E-state index in [1.165, 1.54) is 6.42 Å². The minimum Gasteiger partial charge on any atom is -0.384 e. The number of nitrogens with one attached hydrogen (secondary N) is 2. The number of amidine groups is 1. The van der Waals surface area contributed by atoms with Crippen molar-refractivity contribution in [1.82, 2.24) is 20.1 Å². The molecular formula is C15H22N6. The lowest BCUT2D eigenvalue weighted by Gasteiger charge is -2.13. The lowest BCUT2D eigenvalue weighted by Crippen LogP contribution is -2.21. The summed E-state index contributed by atoms with van der Waals surface area (Å²) in [6.45, 7) is 7.78. The highest BCUT2D eigenvalue weighted by molar-refractivity contribution is 6.09. The molecule has 1 aliphatic heterocycles. The molecule has 0 saturated carbocycles. The molecule has 2 aromatic rings. The van der Waals surface area contributed by atoms with Crippen LogP contribution >= 0.6 is 0 Å². The van der Waals surface area contributed by atoms with E-state index in [4.69, 9.17) is 0 Å². The van der Waals surface area contributed by atoms with Gasteiger partial charge in [-0.1, -0.05) is 13.3 Å². The fourth-order valence-corrected chi connectivity index (χ4v) is 2.60. The second kappa shape index (κ2) is 6.11. The molecular weight excluding hydrogens is 264 g/mol. The fourth-order valence-electron chi connectivity index (χ4n) is 2.60. The van der Waals surface area contributed by atoms with E-state index in [-0.39, 0.29) is 0 Å². The van der Waals surface area contributed by atoms with Crippen molar-refractivity contribution < 1.29 is 0 Å². The Labute approximate surface area is 124 Å². The molecule has 2 N–H and O–H groups in total. The first-order valence-corrected chi connectivity index (χ1v) is 7.72. The van der Waals surface area contributed by atoms with Gasteiger partial charge in [0, 0.05) is 25.8 Å². The van der Waals surface area contributed by atoms with Gasteiger partial charge in [-0.15, -0.1) is 0 Å². The van der Waals surface area contributed by atoms with E-state index in [0.717, 1.165) is 60.7 Å². The first-order valence-electron chi connectivity index (χ1n) is 7.72. The number of hydrogen-bond acceptors (Lipinski definition) is 5. The van der Waals surface area contributed by atoms with Crippen LogP contribution in [0.5, 0.6) is 0 Å². The standard InChI is InChI=1S/C15H22N6/c1-3-5-6-16-13-11(14-17-7-8-18-14)9-19-15-12(13)10-20-21(15)4-2/h9-10H,3-8H2,1-2H3,(H,16,19)(H,17,18). The van der Waals surface area contributed by atoms with Crippen LogP contribution in [0.25, 0.3) is 11.0 Å². The molecule has 0 bridgehead atoms. The van der Waals surface area contributed by atoms with Crippen LogP contribution in [0.1, 0.15) is 32.3 Å². The monoisotopic (exact) mass is 286 g/mol. The van der Waals surface area contributed by atoms with Crippen LogP contribution in [0.4, 0.5) is 5.69 Å². The van der Waals surface area contributed by atoms with Gasteiger partial charge in [-0.25, -0.2) is 9.67 Å². The third-order valence-corrected chi connectivity index (χ3v) is 3.73. The van der Waals surface area contributed by atoms with E-state index in [1.54, 1.807) is 0 Å². The number of aromatic nitrogens is 3. The van der Waals surface area contributed by atoms with E-state index < -0.39 is 0 Å². The summed E-state index contributed by atoms with van der Waals surface area (Å²) in [5.41, 5.74) is 3.08. The molecule has 2 aromatic heterocycles. The van der Waals surface area contributed by atoms with Crippen LogP contribution in [0.3, 0.4) is 0 Å². The second-order valence-corrected chi connectivity index (χ2v) is 5.18. The summed E-state index contributed by atoms with van der Waals surface area (Å²) in [7, 11) is 0. The second-order valence-electron chi connectivity index (χ2n) is 5.18. The molecule has 0 fully saturated rings. The van der Waals surface area contributed by atoms with Crippen molar-refractivity contribution in [2.45, 2.75) is 33.2 Å². The molecule has 0 radical (unpaired) electrons. The predicted molar refractivity (Wildman–Crippen MR) is 86.0 cm³/mol. The summed E-state index contributed by atoms with van der Waals surface area (Å²) in [6.07, 6.45) is 6.12. The van der Waals surface area contributed by atoms with Crippen molar-refractivity contribution in [3.05, 3.63) is 18.0 Å². The van der Waals surface area contributed by atoms with E-state index in [9.17, 15) is 0 Å². The van der Waals surface area contributed by atoms with Crippen LogP contribution in [0, 0.1) is 0 Å². The number of unbranched alkanes of at least 4 members (excludes halogenated alkanes) is 1. The summed E-state index contributed by atoms with van der Waals surface area (Å²) in [5, 5.41) is 12.4. The summed E-state index contributed by atoms with van der Waals surface area (Å²) < 4.78 is 1.92. The van der Waals surface area contributed by atoms with Crippen molar-refractivity contribution >= 4 is 22.6 Å². The van der Waals surface area contributed by atoms with Gasteiger partial charge >= 0.3 is 0 Å². The molecule has 0 atom stereocenters. The molecule has 0 aliphatic carbocycles. The van der Waals surface area contributed by atoms with Gasteiger partial charge in [0.05, 0.1) is 29.4 Å². The summed E-state index contributed by atoms with van der Waals surface area (Å²) in [5.74, 6) is 0.938. The van der Waals surface area contributed by atoms with Crippen LogP contribution in [0.2, 0.25) is 0 Å². The van der Waals surface area contributed by atoms with Crippen LogP contribution in [0.15, 0.2) is 17.4 Å². The van der Waals surface area contributed by atoms with Gasteiger partial charge in [-0.2, -0.15) is 5.10 Å². The first kappa shape index (κ1) is 13.9. The van der Waals surface area contributed by atoms with Crippen LogP contribution in [-0.2, 0) is 6.54 Å². The predicted octanol–water partition coefficient (Wildman–Crippen LogP) is 2.01. The molecule has 1 aliphatic rings. The first-order chi connectivity index (χ1) is 10.3. The van der Waals surface area contributed by atoms with E-state index in [0.29, 0.717) is 0 Å². The van der Waals surface area contributed by atoms with Gasteiger partial charge in [0.2, 0.25) is 0 Å². The van der Waals surface area contributed by atoms with Crippen molar-refractivity contribution in [3.8, 4) is 0 Å². The van der Waals surface area contributed by atoms with Gasteiger partial charge in [0.1, 0.15) is 5.84 Å². The van der Waals surface area contributed by atoms with Crippen molar-refractivity contribution in [1.29, 1.82) is 0 Å². The van der Waals surface area contributed by atoms with E-state index in [2.05, 4.69) is 39.6 Å². The highest BCUT2D eigenvalue weighted by atomic mass is 15.3. The zero-order chi connectivity index (χ0) is 14.7. The maximum Gasteiger partial charge on any atom is 0.159 e. The lowest BCUT2D eigenvalue weighted by molar-refractivity contribution is 0.677. The average Bonchev–Trinajstić information content (AvgIpc) is 3.16. The SMILES string of the molecule is CCCCNc1c(C2=NCCN2)cnc2c1cnn2CC. The number of rotatable bonds is 6. The Bertz CT molecular complexity index is 657. The highest BCUT2D eigenvalue weighted by Gasteiger charge is 2.18. The Kier molecular flexibility index (Phi) is 4.03. The maximum absolute atomic E-state index is 4.59. The Hall–Kier alpha value is -2.11. The van der Waals surface area contributed by atoms with Gasteiger partial charge in [0.25, 0.3) is 0 Å². The minimum atomic E-state index is 0.823. The topological polar surface area (TPSA) is 67.1 Å². The number of nitrogens with zero attached hydrogens (tertiary/aromatic N) is 4. The molecule has 6 heteroatoms. The number of aryl methyl sites for hydroxylation is 1. The fraction of sp³-hybridized carbons (Fsp3) is 0.533. The van der Waals surface area contributed by atoms with Crippen LogP contribution in [-0.4, -0.2) is 40.2 Å². The quantitative estimate of drug-likeness (QED) is 0.797. The molecule has 0 aromatic carbocycles. The smallest absolute Gasteiger partial charge is 0.159 e. The largest absolute Gasteiger partial charge is 0.384 e. The summed E-state index contributed by atoms with van der Waals surface area (Å²) >= 11 is 0. The molecule has 0 saturated heterocycles. The lowest BCUT2D eigenvalue weighted by atomic mass is 10.1. The number of pyridine rings is 1. The van der Waals surface area contributed by atoms with Gasteiger partial charge in [0.15, 0.2) is 5.65 Å². The number of hydrogen-bond donors (Lipinski definition) is 2. The van der Waals surface area contributed by atoms with Gasteiger partial charge < -0.3 is 10.6 Å². The van der Waals surface area contributed by atoms with Crippen molar-refractivity contribution in [2.75, 3.05) is 25.0 Å². The minimum absolute atomic E-state index is 0.823. The van der Waals surface area contributed by atoms with Gasteiger partial charge in [-0.3, -0.25) is 4.99 Å².